The highest BCUT2D eigenvalue weighted by atomic mass is 32.2. The van der Waals surface area contributed by atoms with Gasteiger partial charge < -0.3 is 25.8 Å². The number of nitrogen functional groups attached to an aromatic ring is 1. The van der Waals surface area contributed by atoms with E-state index in [9.17, 15) is 23.4 Å². The summed E-state index contributed by atoms with van der Waals surface area (Å²) in [5.74, 6) is -1.23. The van der Waals surface area contributed by atoms with Gasteiger partial charge in [-0.2, -0.15) is 0 Å². The van der Waals surface area contributed by atoms with Crippen LogP contribution in [-0.4, -0.2) is 59.3 Å². The Balaban J connectivity index is 2.18. The smallest absolute Gasteiger partial charge is 0.239 e. The predicted molar refractivity (Wildman–Crippen MR) is 144 cm³/mol. The average molecular weight is 537 g/mol. The number of amides is 1. The Labute approximate surface area is 219 Å². The number of phenolic OH excluding ortho intramolecular Hbond substituents is 2. The van der Waals surface area contributed by atoms with Crippen LogP contribution in [0.1, 0.15) is 25.0 Å². The van der Waals surface area contributed by atoms with E-state index >= 15 is 0 Å². The topological polar surface area (TPSA) is 199 Å². The lowest BCUT2D eigenvalue weighted by Gasteiger charge is -2.31. The molecule has 0 atom stereocenters. The minimum atomic E-state index is -4.54. The molecule has 4 aromatic rings. The van der Waals surface area contributed by atoms with Crippen molar-refractivity contribution >= 4 is 32.8 Å². The monoisotopic (exact) mass is 536 g/mol. The van der Waals surface area contributed by atoms with Crippen LogP contribution in [0.3, 0.4) is 0 Å². The van der Waals surface area contributed by atoms with E-state index in [0.717, 1.165) is 0 Å². The maximum absolute atomic E-state index is 13.3. The first-order valence-electron chi connectivity index (χ1n) is 11.4. The second kappa shape index (κ2) is 9.15. The number of nitrogens with two attached hydrogens (primary N) is 2. The Kier molecular flexibility index (Phi) is 6.42. The Morgan fingerprint density at radius 1 is 1.08 bits per heavy atom. The predicted octanol–water partition coefficient (Wildman–Crippen LogP) is 2.61. The number of likely N-dealkylation sites (N-methyl/N-ethyl adjacent to an activating group) is 1. The molecule has 0 saturated heterocycles. The zero-order chi connectivity index (χ0) is 28.2. The van der Waals surface area contributed by atoms with Gasteiger partial charge >= 0.3 is 0 Å². The van der Waals surface area contributed by atoms with E-state index in [1.54, 1.807) is 44.2 Å². The highest BCUT2D eigenvalue weighted by Crippen LogP contribution is 2.48. The third-order valence-corrected chi connectivity index (χ3v) is 7.37. The SMILES string of the molecule is CN(C)C(=O)C(C)(C)c1cc(-c2nc3cc(C(=N)N)ccc3[nH]2)c(O)c(-c2ccccc2O)c1S(N)(=O)=O. The molecule has 1 aromatic heterocycles. The molecule has 0 bridgehead atoms. The van der Waals surface area contributed by atoms with Crippen LogP contribution in [0.4, 0.5) is 0 Å². The van der Waals surface area contributed by atoms with E-state index in [4.69, 9.17) is 16.3 Å². The molecule has 0 spiro atoms. The Morgan fingerprint density at radius 3 is 2.32 bits per heavy atom. The fraction of sp³-hybridized carbons (Fsp3) is 0.192. The summed E-state index contributed by atoms with van der Waals surface area (Å²) in [6, 6.07) is 12.1. The fourth-order valence-electron chi connectivity index (χ4n) is 4.51. The fourth-order valence-corrected chi connectivity index (χ4v) is 5.62. The number of nitrogens with zero attached hydrogens (tertiary/aromatic N) is 2. The summed E-state index contributed by atoms with van der Waals surface area (Å²) < 4.78 is 26.1. The van der Waals surface area contributed by atoms with Gasteiger partial charge in [-0.1, -0.05) is 18.2 Å². The zero-order valence-corrected chi connectivity index (χ0v) is 22.0. The van der Waals surface area contributed by atoms with Crippen molar-refractivity contribution in [2.24, 2.45) is 10.9 Å². The van der Waals surface area contributed by atoms with Crippen molar-refractivity contribution in [2.75, 3.05) is 14.1 Å². The van der Waals surface area contributed by atoms with Crippen LogP contribution in [0.5, 0.6) is 11.5 Å². The molecule has 4 rings (SSSR count). The standard InChI is InChI=1S/C26H28N6O5S/c1-26(2,25(35)32(3)4)16-12-15(24-30-17-10-9-13(23(27)28)11-18(17)31-24)21(34)20(22(16)38(29,36)37)14-7-5-6-8-19(14)33/h5-12,33-34H,1-4H3,(H3,27,28)(H,30,31)(H2,29,36,37). The van der Waals surface area contributed by atoms with Gasteiger partial charge in [0.2, 0.25) is 15.9 Å². The van der Waals surface area contributed by atoms with E-state index in [0.29, 0.717) is 16.6 Å². The second-order valence-electron chi connectivity index (χ2n) is 9.64. The molecule has 0 aliphatic heterocycles. The number of amidine groups is 1. The number of aromatic amines is 1. The number of rotatable bonds is 6. The van der Waals surface area contributed by atoms with Gasteiger partial charge in [0.1, 0.15) is 23.2 Å². The number of carbonyl (C=O) groups excluding carboxylic acids is 1. The van der Waals surface area contributed by atoms with Crippen molar-refractivity contribution in [3.8, 4) is 34.0 Å². The highest BCUT2D eigenvalue weighted by Gasteiger charge is 2.39. The first-order valence-corrected chi connectivity index (χ1v) is 13.0. The normalized spacial score (nSPS) is 12.0. The Bertz CT molecular complexity index is 1720. The van der Waals surface area contributed by atoms with Gasteiger partial charge in [-0.25, -0.2) is 18.5 Å². The number of aromatic hydroxyl groups is 2. The van der Waals surface area contributed by atoms with Gasteiger partial charge in [0, 0.05) is 30.8 Å². The molecular weight excluding hydrogens is 508 g/mol. The van der Waals surface area contributed by atoms with Crippen LogP contribution < -0.4 is 10.9 Å². The summed E-state index contributed by atoms with van der Waals surface area (Å²) in [5.41, 5.74) is 5.44. The molecule has 0 radical (unpaired) electrons. The molecule has 1 amide bonds. The van der Waals surface area contributed by atoms with Crippen LogP contribution in [0.25, 0.3) is 33.5 Å². The van der Waals surface area contributed by atoms with Crippen molar-refractivity contribution in [3.63, 3.8) is 0 Å². The molecule has 3 aromatic carbocycles. The molecule has 198 valence electrons. The number of carbonyl (C=O) groups is 1. The number of aromatic nitrogens is 2. The lowest BCUT2D eigenvalue weighted by molar-refractivity contribution is -0.133. The first-order chi connectivity index (χ1) is 17.6. The minimum absolute atomic E-state index is 0.000189. The van der Waals surface area contributed by atoms with Gasteiger partial charge in [-0.05, 0) is 49.7 Å². The van der Waals surface area contributed by atoms with E-state index in [2.05, 4.69) is 9.97 Å². The molecule has 0 aliphatic rings. The number of phenols is 2. The molecule has 8 N–H and O–H groups in total. The number of hydrogen-bond donors (Lipinski definition) is 6. The van der Waals surface area contributed by atoms with Crippen molar-refractivity contribution in [2.45, 2.75) is 24.2 Å². The Morgan fingerprint density at radius 2 is 1.74 bits per heavy atom. The van der Waals surface area contributed by atoms with Crippen LogP contribution in [0.2, 0.25) is 0 Å². The van der Waals surface area contributed by atoms with E-state index in [1.807, 2.05) is 0 Å². The molecule has 38 heavy (non-hydrogen) atoms. The van der Waals surface area contributed by atoms with Gasteiger partial charge in [-0.15, -0.1) is 0 Å². The third kappa shape index (κ3) is 4.44. The summed E-state index contributed by atoms with van der Waals surface area (Å²) in [7, 11) is -1.46. The van der Waals surface area contributed by atoms with Crippen molar-refractivity contribution in [1.82, 2.24) is 14.9 Å². The van der Waals surface area contributed by atoms with Gasteiger partial charge in [0.05, 0.1) is 26.9 Å². The Hall–Kier alpha value is -4.42. The number of benzene rings is 3. The van der Waals surface area contributed by atoms with Gasteiger partial charge in [0.25, 0.3) is 0 Å². The number of para-hydroxylation sites is 1. The van der Waals surface area contributed by atoms with Crippen LogP contribution in [-0.2, 0) is 20.2 Å². The average Bonchev–Trinajstić information content (AvgIpc) is 3.26. The van der Waals surface area contributed by atoms with Crippen LogP contribution in [0.15, 0.2) is 53.4 Å². The lowest BCUT2D eigenvalue weighted by atomic mass is 9.80. The molecule has 0 aliphatic carbocycles. The molecular formula is C26H28N6O5S. The second-order valence-corrected chi connectivity index (χ2v) is 11.1. The quantitative estimate of drug-likeness (QED) is 0.161. The molecule has 0 saturated carbocycles. The minimum Gasteiger partial charge on any atom is -0.507 e. The van der Waals surface area contributed by atoms with Gasteiger partial charge in [-0.3, -0.25) is 10.2 Å². The van der Waals surface area contributed by atoms with Crippen molar-refractivity contribution in [3.05, 3.63) is 59.7 Å². The van der Waals surface area contributed by atoms with E-state index in [-0.39, 0.29) is 39.7 Å². The maximum Gasteiger partial charge on any atom is 0.239 e. The number of hydrogen-bond acceptors (Lipinski definition) is 7. The summed E-state index contributed by atoms with van der Waals surface area (Å²) in [4.78, 5) is 21.7. The number of sulfonamides is 1. The highest BCUT2D eigenvalue weighted by molar-refractivity contribution is 7.89. The zero-order valence-electron chi connectivity index (χ0n) is 21.2. The molecule has 12 heteroatoms. The van der Waals surface area contributed by atoms with Crippen LogP contribution in [0, 0.1) is 5.41 Å². The van der Waals surface area contributed by atoms with Crippen molar-refractivity contribution in [1.29, 1.82) is 5.41 Å². The lowest BCUT2D eigenvalue weighted by Crippen LogP contribution is -2.40. The summed E-state index contributed by atoms with van der Waals surface area (Å²) in [6.07, 6.45) is 0. The van der Waals surface area contributed by atoms with Crippen LogP contribution >= 0.6 is 0 Å². The largest absolute Gasteiger partial charge is 0.507 e. The number of fused-ring (bicyclic) bond motifs is 1. The number of imidazole rings is 1. The summed E-state index contributed by atoms with van der Waals surface area (Å²) in [6.45, 7) is 3.10. The van der Waals surface area contributed by atoms with E-state index < -0.39 is 32.0 Å². The third-order valence-electron chi connectivity index (χ3n) is 6.37. The maximum atomic E-state index is 13.3. The van der Waals surface area contributed by atoms with Crippen molar-refractivity contribution < 1.29 is 23.4 Å². The van der Waals surface area contributed by atoms with E-state index in [1.165, 1.54) is 37.2 Å². The summed E-state index contributed by atoms with van der Waals surface area (Å²) in [5, 5.41) is 35.5. The number of nitrogens with one attached hydrogen (secondary N) is 2. The molecule has 0 fully saturated rings. The van der Waals surface area contributed by atoms with Gasteiger partial charge in [0.15, 0.2) is 0 Å². The number of H-pyrrole nitrogens is 1. The molecule has 1 heterocycles. The summed E-state index contributed by atoms with van der Waals surface area (Å²) >= 11 is 0. The molecule has 0 unspecified atom stereocenters. The molecule has 11 nitrogen and oxygen atoms in total. The number of primary sulfonamides is 1. The first kappa shape index (κ1) is 26.6.